The second-order valence-corrected chi connectivity index (χ2v) is 3.53. The van der Waals surface area contributed by atoms with Crippen LogP contribution in [0.5, 0.6) is 0 Å². The highest BCUT2D eigenvalue weighted by Gasteiger charge is 2.08. The lowest BCUT2D eigenvalue weighted by Crippen LogP contribution is -2.34. The summed E-state index contributed by atoms with van der Waals surface area (Å²) in [5.74, 6) is 0. The van der Waals surface area contributed by atoms with E-state index in [0.29, 0.717) is 6.42 Å². The number of allylic oxidation sites excluding steroid dienone is 5. The highest BCUT2D eigenvalue weighted by atomic mass is 16.3. The van der Waals surface area contributed by atoms with Crippen molar-refractivity contribution >= 4 is 0 Å². The normalized spacial score (nSPS) is 16.8. The summed E-state index contributed by atoms with van der Waals surface area (Å²) in [7, 11) is 1.85. The molecule has 0 heterocycles. The first-order valence-electron chi connectivity index (χ1n) is 5.56. The SMILES string of the molecule is CCC=CC=CC=CCC(O)C(C)NC. The average Bonchev–Trinajstić information content (AvgIpc) is 2.26. The molecule has 0 amide bonds. The summed E-state index contributed by atoms with van der Waals surface area (Å²) in [5, 5.41) is 12.6. The van der Waals surface area contributed by atoms with Crippen LogP contribution in [0.4, 0.5) is 0 Å². The Bertz CT molecular complexity index is 219. The molecule has 0 spiro atoms. The Morgan fingerprint density at radius 1 is 1.13 bits per heavy atom. The molecule has 0 saturated carbocycles. The molecule has 0 saturated heterocycles. The number of aliphatic hydroxyl groups is 1. The summed E-state index contributed by atoms with van der Waals surface area (Å²) in [4.78, 5) is 0. The Labute approximate surface area is 93.4 Å². The molecule has 2 atom stereocenters. The zero-order chi connectivity index (χ0) is 11.5. The largest absolute Gasteiger partial charge is 0.391 e. The average molecular weight is 209 g/mol. The third-order valence-electron chi connectivity index (χ3n) is 2.25. The van der Waals surface area contributed by atoms with Crippen molar-refractivity contribution in [1.82, 2.24) is 5.32 Å². The van der Waals surface area contributed by atoms with Gasteiger partial charge in [-0.3, -0.25) is 0 Å². The maximum atomic E-state index is 9.61. The van der Waals surface area contributed by atoms with Crippen LogP contribution in [0.1, 0.15) is 26.7 Å². The molecule has 0 aromatic rings. The number of aliphatic hydroxyl groups excluding tert-OH is 1. The van der Waals surface area contributed by atoms with E-state index in [4.69, 9.17) is 0 Å². The Morgan fingerprint density at radius 2 is 1.73 bits per heavy atom. The fourth-order valence-corrected chi connectivity index (χ4v) is 1.04. The van der Waals surface area contributed by atoms with E-state index < -0.39 is 0 Å². The molecule has 0 radical (unpaired) electrons. The summed E-state index contributed by atoms with van der Waals surface area (Å²) < 4.78 is 0. The predicted octanol–water partition coefficient (Wildman–Crippen LogP) is 2.42. The van der Waals surface area contributed by atoms with E-state index in [9.17, 15) is 5.11 Å². The molecule has 15 heavy (non-hydrogen) atoms. The van der Waals surface area contributed by atoms with Gasteiger partial charge in [-0.15, -0.1) is 0 Å². The van der Waals surface area contributed by atoms with Crippen molar-refractivity contribution in [2.75, 3.05) is 7.05 Å². The molecule has 0 bridgehead atoms. The van der Waals surface area contributed by atoms with Crippen LogP contribution < -0.4 is 5.32 Å². The van der Waals surface area contributed by atoms with Gasteiger partial charge < -0.3 is 10.4 Å². The van der Waals surface area contributed by atoms with Crippen molar-refractivity contribution in [2.45, 2.75) is 38.8 Å². The number of hydrogen-bond donors (Lipinski definition) is 2. The van der Waals surface area contributed by atoms with Crippen molar-refractivity contribution in [3.05, 3.63) is 36.5 Å². The standard InChI is InChI=1S/C13H23NO/c1-4-5-6-7-8-9-10-11-13(15)12(2)14-3/h5-10,12-15H,4,11H2,1-3H3. The molecule has 2 nitrogen and oxygen atoms in total. The van der Waals surface area contributed by atoms with Gasteiger partial charge in [0.05, 0.1) is 6.10 Å². The first-order valence-corrected chi connectivity index (χ1v) is 5.56. The van der Waals surface area contributed by atoms with E-state index in [-0.39, 0.29) is 12.1 Å². The molecular weight excluding hydrogens is 186 g/mol. The predicted molar refractivity (Wildman–Crippen MR) is 66.9 cm³/mol. The summed E-state index contributed by atoms with van der Waals surface area (Å²) in [6, 6.07) is 0.138. The second kappa shape index (κ2) is 9.69. The summed E-state index contributed by atoms with van der Waals surface area (Å²) in [6.45, 7) is 4.08. The second-order valence-electron chi connectivity index (χ2n) is 3.53. The van der Waals surface area contributed by atoms with Crippen LogP contribution in [0.15, 0.2) is 36.5 Å². The van der Waals surface area contributed by atoms with Gasteiger partial charge in [0.25, 0.3) is 0 Å². The van der Waals surface area contributed by atoms with Crippen LogP contribution in [0, 0.1) is 0 Å². The molecule has 2 heteroatoms. The van der Waals surface area contributed by atoms with Crippen molar-refractivity contribution in [3.63, 3.8) is 0 Å². The Balaban J connectivity index is 3.70. The zero-order valence-corrected chi connectivity index (χ0v) is 9.98. The topological polar surface area (TPSA) is 32.3 Å². The van der Waals surface area contributed by atoms with Crippen LogP contribution in [0.3, 0.4) is 0 Å². The Hall–Kier alpha value is -0.860. The molecule has 2 unspecified atom stereocenters. The zero-order valence-electron chi connectivity index (χ0n) is 9.98. The van der Waals surface area contributed by atoms with E-state index in [1.54, 1.807) is 0 Å². The molecule has 0 aliphatic carbocycles. The first kappa shape index (κ1) is 14.1. The fraction of sp³-hybridized carbons (Fsp3) is 0.538. The van der Waals surface area contributed by atoms with Crippen LogP contribution in [-0.2, 0) is 0 Å². The van der Waals surface area contributed by atoms with Gasteiger partial charge in [-0.05, 0) is 26.8 Å². The molecule has 0 aliphatic heterocycles. The van der Waals surface area contributed by atoms with Gasteiger partial charge >= 0.3 is 0 Å². The molecule has 0 aromatic heterocycles. The molecule has 0 aromatic carbocycles. The lowest BCUT2D eigenvalue weighted by molar-refractivity contribution is 0.141. The number of likely N-dealkylation sites (N-methyl/N-ethyl adjacent to an activating group) is 1. The van der Waals surface area contributed by atoms with E-state index in [2.05, 4.69) is 18.3 Å². The summed E-state index contributed by atoms with van der Waals surface area (Å²) in [6.07, 6.45) is 13.5. The lowest BCUT2D eigenvalue weighted by atomic mass is 10.1. The highest BCUT2D eigenvalue weighted by molar-refractivity contribution is 5.11. The van der Waals surface area contributed by atoms with Crippen LogP contribution in [0.25, 0.3) is 0 Å². The summed E-state index contributed by atoms with van der Waals surface area (Å²) >= 11 is 0. The van der Waals surface area contributed by atoms with Gasteiger partial charge in [-0.1, -0.05) is 43.4 Å². The van der Waals surface area contributed by atoms with Crippen LogP contribution in [-0.4, -0.2) is 24.3 Å². The van der Waals surface area contributed by atoms with Gasteiger partial charge in [0.1, 0.15) is 0 Å². The van der Waals surface area contributed by atoms with Gasteiger partial charge in [0, 0.05) is 6.04 Å². The van der Waals surface area contributed by atoms with Crippen molar-refractivity contribution < 1.29 is 5.11 Å². The van der Waals surface area contributed by atoms with Crippen LogP contribution in [0.2, 0.25) is 0 Å². The lowest BCUT2D eigenvalue weighted by Gasteiger charge is -2.15. The Morgan fingerprint density at radius 3 is 2.27 bits per heavy atom. The minimum atomic E-state index is -0.314. The van der Waals surface area contributed by atoms with Gasteiger partial charge in [0.15, 0.2) is 0 Å². The van der Waals surface area contributed by atoms with E-state index in [1.165, 1.54) is 0 Å². The third-order valence-corrected chi connectivity index (χ3v) is 2.25. The minimum Gasteiger partial charge on any atom is -0.391 e. The summed E-state index contributed by atoms with van der Waals surface area (Å²) in [5.41, 5.74) is 0. The molecule has 86 valence electrons. The fourth-order valence-electron chi connectivity index (χ4n) is 1.04. The molecule has 0 rings (SSSR count). The number of nitrogens with one attached hydrogen (secondary N) is 1. The van der Waals surface area contributed by atoms with Gasteiger partial charge in [-0.25, -0.2) is 0 Å². The molecule has 2 N–H and O–H groups in total. The van der Waals surface area contributed by atoms with Crippen molar-refractivity contribution in [2.24, 2.45) is 0 Å². The smallest absolute Gasteiger partial charge is 0.0724 e. The maximum absolute atomic E-state index is 9.61. The molecule has 0 aliphatic rings. The third kappa shape index (κ3) is 8.16. The monoisotopic (exact) mass is 209 g/mol. The number of rotatable bonds is 7. The Kier molecular flexibility index (Phi) is 9.13. The van der Waals surface area contributed by atoms with E-state index in [1.807, 2.05) is 44.4 Å². The van der Waals surface area contributed by atoms with Crippen molar-refractivity contribution in [1.29, 1.82) is 0 Å². The first-order chi connectivity index (χ1) is 7.22. The van der Waals surface area contributed by atoms with E-state index in [0.717, 1.165) is 6.42 Å². The van der Waals surface area contributed by atoms with E-state index >= 15 is 0 Å². The maximum Gasteiger partial charge on any atom is 0.0724 e. The highest BCUT2D eigenvalue weighted by Crippen LogP contribution is 1.99. The molecule has 0 fully saturated rings. The van der Waals surface area contributed by atoms with Gasteiger partial charge in [0.2, 0.25) is 0 Å². The molecular formula is C13H23NO. The quantitative estimate of drug-likeness (QED) is 0.631. The van der Waals surface area contributed by atoms with Crippen molar-refractivity contribution in [3.8, 4) is 0 Å². The number of hydrogen-bond acceptors (Lipinski definition) is 2. The van der Waals surface area contributed by atoms with Crippen LogP contribution >= 0.6 is 0 Å². The van der Waals surface area contributed by atoms with Gasteiger partial charge in [-0.2, -0.15) is 0 Å². The minimum absolute atomic E-state index is 0.138.